The van der Waals surface area contributed by atoms with Gasteiger partial charge in [-0.3, -0.25) is 9.69 Å². The van der Waals surface area contributed by atoms with E-state index in [1.165, 1.54) is 20.0 Å². The Hall–Kier alpha value is -0.610. The lowest BCUT2D eigenvalue weighted by molar-refractivity contribution is -0.145. The van der Waals surface area contributed by atoms with E-state index in [0.29, 0.717) is 6.04 Å². The van der Waals surface area contributed by atoms with E-state index >= 15 is 0 Å². The number of hydrogen-bond acceptors (Lipinski definition) is 4. The first kappa shape index (κ1) is 13.5. The molecule has 1 N–H and O–H groups in total. The fraction of sp³-hybridized carbons (Fsp3) is 0.917. The maximum atomic E-state index is 11.4. The van der Waals surface area contributed by atoms with E-state index in [1.807, 2.05) is 6.92 Å². The lowest BCUT2D eigenvalue weighted by Gasteiger charge is -2.34. The SMILES string of the molecule is CCN(CC(C)C(=O)OC)C1CCNCC1. The molecule has 1 atom stereocenters. The summed E-state index contributed by atoms with van der Waals surface area (Å²) in [6.07, 6.45) is 2.36. The van der Waals surface area contributed by atoms with Crippen LogP contribution in [0, 0.1) is 5.92 Å². The summed E-state index contributed by atoms with van der Waals surface area (Å²) in [5.74, 6) is -0.132. The van der Waals surface area contributed by atoms with Crippen LogP contribution < -0.4 is 5.32 Å². The zero-order valence-corrected chi connectivity index (χ0v) is 10.7. The molecule has 0 aromatic heterocycles. The molecular formula is C12H24N2O2. The number of carbonyl (C=O) groups excluding carboxylic acids is 1. The minimum absolute atomic E-state index is 0.0279. The van der Waals surface area contributed by atoms with Crippen LogP contribution in [0.5, 0.6) is 0 Å². The molecule has 0 aromatic rings. The molecule has 0 radical (unpaired) electrons. The zero-order chi connectivity index (χ0) is 12.0. The number of esters is 1. The highest BCUT2D eigenvalue weighted by Gasteiger charge is 2.23. The van der Waals surface area contributed by atoms with Crippen LogP contribution in [0.4, 0.5) is 0 Å². The zero-order valence-electron chi connectivity index (χ0n) is 10.7. The van der Waals surface area contributed by atoms with Crippen LogP contribution in [0.15, 0.2) is 0 Å². The van der Waals surface area contributed by atoms with E-state index < -0.39 is 0 Å². The first-order chi connectivity index (χ1) is 7.69. The predicted molar refractivity (Wildman–Crippen MR) is 64.3 cm³/mol. The molecule has 1 heterocycles. The van der Waals surface area contributed by atoms with Gasteiger partial charge in [0.1, 0.15) is 0 Å². The fourth-order valence-electron chi connectivity index (χ4n) is 2.34. The Bertz CT molecular complexity index is 215. The van der Waals surface area contributed by atoms with Crippen LogP contribution in [0.3, 0.4) is 0 Å². The molecule has 0 bridgehead atoms. The summed E-state index contributed by atoms with van der Waals surface area (Å²) >= 11 is 0. The lowest BCUT2D eigenvalue weighted by atomic mass is 10.0. The summed E-state index contributed by atoms with van der Waals surface area (Å²) in [5, 5.41) is 3.36. The van der Waals surface area contributed by atoms with Crippen molar-refractivity contribution in [2.24, 2.45) is 5.92 Å². The van der Waals surface area contributed by atoms with Crippen LogP contribution in [0.25, 0.3) is 0 Å². The van der Waals surface area contributed by atoms with Gasteiger partial charge in [-0.05, 0) is 32.5 Å². The van der Waals surface area contributed by atoms with E-state index in [9.17, 15) is 4.79 Å². The molecule has 1 aliphatic rings. The first-order valence-electron chi connectivity index (χ1n) is 6.21. The average Bonchev–Trinajstić information content (AvgIpc) is 2.35. The van der Waals surface area contributed by atoms with Gasteiger partial charge < -0.3 is 10.1 Å². The molecule has 0 saturated carbocycles. The maximum Gasteiger partial charge on any atom is 0.309 e. The van der Waals surface area contributed by atoms with Crippen molar-refractivity contribution in [2.75, 3.05) is 33.3 Å². The van der Waals surface area contributed by atoms with Crippen LogP contribution in [-0.4, -0.2) is 50.2 Å². The van der Waals surface area contributed by atoms with Crippen molar-refractivity contribution in [1.29, 1.82) is 0 Å². The quantitative estimate of drug-likeness (QED) is 0.709. The molecule has 1 saturated heterocycles. The maximum absolute atomic E-state index is 11.4. The second-order valence-electron chi connectivity index (χ2n) is 4.49. The Morgan fingerprint density at radius 1 is 1.50 bits per heavy atom. The molecule has 1 aliphatic heterocycles. The van der Waals surface area contributed by atoms with Gasteiger partial charge in [0.25, 0.3) is 0 Å². The molecule has 1 unspecified atom stereocenters. The van der Waals surface area contributed by atoms with Gasteiger partial charge in [0.05, 0.1) is 13.0 Å². The van der Waals surface area contributed by atoms with Crippen molar-refractivity contribution in [3.05, 3.63) is 0 Å². The molecule has 1 rings (SSSR count). The lowest BCUT2D eigenvalue weighted by Crippen LogP contribution is -2.45. The number of rotatable bonds is 5. The summed E-state index contributed by atoms with van der Waals surface area (Å²) in [7, 11) is 1.46. The summed E-state index contributed by atoms with van der Waals surface area (Å²) in [5.41, 5.74) is 0. The Morgan fingerprint density at radius 3 is 2.62 bits per heavy atom. The largest absolute Gasteiger partial charge is 0.469 e. The van der Waals surface area contributed by atoms with Crippen LogP contribution >= 0.6 is 0 Å². The number of carbonyl (C=O) groups is 1. The summed E-state index contributed by atoms with van der Waals surface area (Å²) < 4.78 is 4.77. The Kier molecular flexibility index (Phi) is 5.77. The molecule has 0 amide bonds. The van der Waals surface area contributed by atoms with E-state index in [-0.39, 0.29) is 11.9 Å². The second-order valence-corrected chi connectivity index (χ2v) is 4.49. The Balaban J connectivity index is 2.43. The normalized spacial score (nSPS) is 19.8. The molecule has 0 aromatic carbocycles. The molecule has 4 nitrogen and oxygen atoms in total. The number of methoxy groups -OCH3 is 1. The van der Waals surface area contributed by atoms with E-state index in [4.69, 9.17) is 4.74 Å². The Morgan fingerprint density at radius 2 is 2.12 bits per heavy atom. The van der Waals surface area contributed by atoms with Crippen molar-refractivity contribution < 1.29 is 9.53 Å². The van der Waals surface area contributed by atoms with Gasteiger partial charge in [-0.25, -0.2) is 0 Å². The highest BCUT2D eigenvalue weighted by molar-refractivity contribution is 5.72. The molecule has 0 spiro atoms. The van der Waals surface area contributed by atoms with E-state index in [1.54, 1.807) is 0 Å². The Labute approximate surface area is 98.3 Å². The highest BCUT2D eigenvalue weighted by atomic mass is 16.5. The van der Waals surface area contributed by atoms with Crippen molar-refractivity contribution >= 4 is 5.97 Å². The average molecular weight is 228 g/mol. The standard InChI is InChI=1S/C12H24N2O2/c1-4-14(9-10(2)12(15)16-3)11-5-7-13-8-6-11/h10-11,13H,4-9H2,1-3H3. The predicted octanol–water partition coefficient (Wildman–Crippen LogP) is 0.869. The summed E-state index contributed by atoms with van der Waals surface area (Å²) in [6.45, 7) is 8.10. The van der Waals surface area contributed by atoms with Gasteiger partial charge in [-0.2, -0.15) is 0 Å². The van der Waals surface area contributed by atoms with Crippen molar-refractivity contribution in [3.8, 4) is 0 Å². The van der Waals surface area contributed by atoms with Crippen molar-refractivity contribution in [2.45, 2.75) is 32.7 Å². The minimum Gasteiger partial charge on any atom is -0.469 e. The third-order valence-corrected chi connectivity index (χ3v) is 3.34. The molecule has 94 valence electrons. The van der Waals surface area contributed by atoms with Crippen LogP contribution in [0.2, 0.25) is 0 Å². The first-order valence-corrected chi connectivity index (χ1v) is 6.21. The number of hydrogen-bond donors (Lipinski definition) is 1. The number of nitrogens with zero attached hydrogens (tertiary/aromatic N) is 1. The van der Waals surface area contributed by atoms with Gasteiger partial charge in [0.2, 0.25) is 0 Å². The molecule has 4 heteroatoms. The third-order valence-electron chi connectivity index (χ3n) is 3.34. The van der Waals surface area contributed by atoms with Gasteiger partial charge in [0.15, 0.2) is 0 Å². The van der Waals surface area contributed by atoms with Crippen molar-refractivity contribution in [1.82, 2.24) is 10.2 Å². The van der Waals surface area contributed by atoms with E-state index in [0.717, 1.165) is 26.2 Å². The van der Waals surface area contributed by atoms with E-state index in [2.05, 4.69) is 17.1 Å². The molecule has 0 aliphatic carbocycles. The fourth-order valence-corrected chi connectivity index (χ4v) is 2.34. The molecule has 16 heavy (non-hydrogen) atoms. The van der Waals surface area contributed by atoms with Gasteiger partial charge in [-0.15, -0.1) is 0 Å². The third kappa shape index (κ3) is 3.76. The number of ether oxygens (including phenoxy) is 1. The monoisotopic (exact) mass is 228 g/mol. The van der Waals surface area contributed by atoms with Crippen LogP contribution in [0.1, 0.15) is 26.7 Å². The minimum atomic E-state index is -0.104. The topological polar surface area (TPSA) is 41.6 Å². The number of piperidine rings is 1. The highest BCUT2D eigenvalue weighted by Crippen LogP contribution is 2.14. The molecule has 1 fully saturated rings. The van der Waals surface area contributed by atoms with Crippen molar-refractivity contribution in [3.63, 3.8) is 0 Å². The second kappa shape index (κ2) is 6.86. The van der Waals surface area contributed by atoms with Gasteiger partial charge >= 0.3 is 5.97 Å². The number of nitrogens with one attached hydrogen (secondary N) is 1. The molecular weight excluding hydrogens is 204 g/mol. The van der Waals surface area contributed by atoms with Crippen LogP contribution in [-0.2, 0) is 9.53 Å². The van der Waals surface area contributed by atoms with Gasteiger partial charge in [0, 0.05) is 12.6 Å². The smallest absolute Gasteiger partial charge is 0.309 e. The summed E-state index contributed by atoms with van der Waals surface area (Å²) in [6, 6.07) is 0.623. The summed E-state index contributed by atoms with van der Waals surface area (Å²) in [4.78, 5) is 13.8. The van der Waals surface area contributed by atoms with Gasteiger partial charge in [-0.1, -0.05) is 13.8 Å².